The van der Waals surface area contributed by atoms with Gasteiger partial charge in [0.05, 0.1) is 0 Å². The first-order chi connectivity index (χ1) is 6.04. The van der Waals surface area contributed by atoms with Gasteiger partial charge in [-0.1, -0.05) is 6.08 Å². The molecule has 0 N–H and O–H groups in total. The van der Waals surface area contributed by atoms with E-state index in [9.17, 15) is 13.2 Å². The predicted octanol–water partition coefficient (Wildman–Crippen LogP) is 2.22. The van der Waals surface area contributed by atoms with E-state index in [1.807, 2.05) is 0 Å². The monoisotopic (exact) mass is 188 g/mol. The molecule has 2 nitrogen and oxygen atoms in total. The van der Waals surface area contributed by atoms with Crippen molar-refractivity contribution in [2.24, 2.45) is 0 Å². The van der Waals surface area contributed by atoms with Gasteiger partial charge in [-0.15, -0.1) is 6.58 Å². The van der Waals surface area contributed by atoms with Crippen LogP contribution in [0.3, 0.4) is 0 Å². The van der Waals surface area contributed by atoms with Crippen molar-refractivity contribution in [3.63, 3.8) is 0 Å². The van der Waals surface area contributed by atoms with Gasteiger partial charge in [0.15, 0.2) is 0 Å². The van der Waals surface area contributed by atoms with E-state index in [2.05, 4.69) is 16.5 Å². The molecule has 1 rings (SSSR count). The summed E-state index contributed by atoms with van der Waals surface area (Å²) >= 11 is 0. The fourth-order valence-electron chi connectivity index (χ4n) is 0.773. The smallest absolute Gasteiger partial charge is 0.233 e. The van der Waals surface area contributed by atoms with E-state index in [-0.39, 0.29) is 0 Å². The van der Waals surface area contributed by atoms with E-state index in [0.29, 0.717) is 12.0 Å². The lowest BCUT2D eigenvalue weighted by atomic mass is 10.2. The first kappa shape index (κ1) is 9.70. The minimum Gasteiger partial charge on any atom is -0.233 e. The lowest BCUT2D eigenvalue weighted by Crippen LogP contribution is -2.10. The Labute approximate surface area is 73.1 Å². The summed E-state index contributed by atoms with van der Waals surface area (Å²) in [6.45, 7) is 3.45. The molecule has 0 aromatic carbocycles. The molecule has 70 valence electrons. The van der Waals surface area contributed by atoms with Crippen molar-refractivity contribution in [1.82, 2.24) is 9.97 Å². The van der Waals surface area contributed by atoms with Crippen LogP contribution in [0.4, 0.5) is 13.2 Å². The van der Waals surface area contributed by atoms with Crippen LogP contribution in [0.1, 0.15) is 11.4 Å². The van der Waals surface area contributed by atoms with Gasteiger partial charge in [-0.2, -0.15) is 13.2 Å². The molecule has 1 aromatic heterocycles. The van der Waals surface area contributed by atoms with Crippen LogP contribution >= 0.6 is 0 Å². The molecule has 0 saturated carbocycles. The van der Waals surface area contributed by atoms with Crippen LogP contribution in [0, 0.1) is 0 Å². The van der Waals surface area contributed by atoms with Crippen LogP contribution in [0.5, 0.6) is 0 Å². The number of hydrogen-bond donors (Lipinski definition) is 0. The summed E-state index contributed by atoms with van der Waals surface area (Å²) in [5.74, 6) is -1.11. The molecule has 0 spiro atoms. The van der Waals surface area contributed by atoms with Gasteiger partial charge in [-0.3, -0.25) is 0 Å². The van der Waals surface area contributed by atoms with E-state index in [4.69, 9.17) is 0 Å². The second-order valence-electron chi connectivity index (χ2n) is 2.41. The fourth-order valence-corrected chi connectivity index (χ4v) is 0.773. The molecule has 0 saturated heterocycles. The normalized spacial score (nSPS) is 11.3. The Balaban J connectivity index is 2.87. The number of nitrogens with zero attached hydrogens (tertiary/aromatic N) is 2. The molecule has 1 heterocycles. The number of hydrogen-bond acceptors (Lipinski definition) is 2. The quantitative estimate of drug-likeness (QED) is 0.665. The van der Waals surface area contributed by atoms with E-state index in [0.717, 1.165) is 12.4 Å². The lowest BCUT2D eigenvalue weighted by molar-refractivity contribution is -0.145. The number of alkyl halides is 3. The highest BCUT2D eigenvalue weighted by atomic mass is 19.4. The van der Waals surface area contributed by atoms with Crippen LogP contribution in [-0.4, -0.2) is 9.97 Å². The van der Waals surface area contributed by atoms with Crippen molar-refractivity contribution in [2.45, 2.75) is 12.6 Å². The summed E-state index contributed by atoms with van der Waals surface area (Å²) in [6.07, 6.45) is -0.119. The molecule has 0 bridgehead atoms. The molecule has 5 heteroatoms. The number of allylic oxidation sites excluding steroid dienone is 1. The van der Waals surface area contributed by atoms with E-state index >= 15 is 0 Å². The average Bonchev–Trinajstić information content (AvgIpc) is 2.04. The van der Waals surface area contributed by atoms with Crippen LogP contribution in [0.15, 0.2) is 25.0 Å². The zero-order valence-corrected chi connectivity index (χ0v) is 6.67. The second-order valence-corrected chi connectivity index (χ2v) is 2.41. The van der Waals surface area contributed by atoms with Crippen molar-refractivity contribution in [3.8, 4) is 0 Å². The number of rotatable bonds is 2. The lowest BCUT2D eigenvalue weighted by Gasteiger charge is -2.03. The molecule has 0 atom stereocenters. The van der Waals surface area contributed by atoms with Crippen molar-refractivity contribution < 1.29 is 13.2 Å². The summed E-state index contributed by atoms with van der Waals surface area (Å²) in [7, 11) is 0. The molecule has 0 aliphatic heterocycles. The van der Waals surface area contributed by atoms with Crippen LogP contribution in [0.2, 0.25) is 0 Å². The highest BCUT2D eigenvalue weighted by Crippen LogP contribution is 2.25. The maximum absolute atomic E-state index is 12.0. The van der Waals surface area contributed by atoms with Gasteiger partial charge in [0.2, 0.25) is 5.82 Å². The van der Waals surface area contributed by atoms with Crippen LogP contribution in [0.25, 0.3) is 0 Å². The van der Waals surface area contributed by atoms with Crippen molar-refractivity contribution in [2.75, 3.05) is 0 Å². The Bertz CT molecular complexity index is 289. The minimum absolute atomic E-state index is 0.470. The Hall–Kier alpha value is -1.39. The average molecular weight is 188 g/mol. The molecular formula is C8H7F3N2. The first-order valence-corrected chi connectivity index (χ1v) is 3.53. The standard InChI is InChI=1S/C8H7F3N2/c1-2-3-6-4-12-7(13-5-6)8(9,10)11/h2,4-5H,1,3H2. The molecule has 0 aliphatic rings. The molecule has 0 unspecified atom stereocenters. The number of halogens is 3. The molecule has 13 heavy (non-hydrogen) atoms. The third-order valence-electron chi connectivity index (χ3n) is 1.34. The van der Waals surface area contributed by atoms with Gasteiger partial charge < -0.3 is 0 Å². The Kier molecular flexibility index (Phi) is 2.65. The molecule has 1 aromatic rings. The summed E-state index contributed by atoms with van der Waals surface area (Å²) in [4.78, 5) is 6.37. The van der Waals surface area contributed by atoms with Crippen LogP contribution in [-0.2, 0) is 12.6 Å². The van der Waals surface area contributed by atoms with Crippen molar-refractivity contribution in [1.29, 1.82) is 0 Å². The highest BCUT2D eigenvalue weighted by molar-refractivity contribution is 5.09. The van der Waals surface area contributed by atoms with Crippen LogP contribution < -0.4 is 0 Å². The van der Waals surface area contributed by atoms with E-state index in [1.165, 1.54) is 0 Å². The first-order valence-electron chi connectivity index (χ1n) is 3.53. The highest BCUT2D eigenvalue weighted by Gasteiger charge is 2.34. The van der Waals surface area contributed by atoms with E-state index < -0.39 is 12.0 Å². The van der Waals surface area contributed by atoms with Gasteiger partial charge >= 0.3 is 6.18 Å². The predicted molar refractivity (Wildman–Crippen MR) is 40.9 cm³/mol. The van der Waals surface area contributed by atoms with Gasteiger partial charge in [0, 0.05) is 12.4 Å². The number of aromatic nitrogens is 2. The largest absolute Gasteiger partial charge is 0.451 e. The third kappa shape index (κ3) is 2.54. The Morgan fingerprint density at radius 2 is 1.85 bits per heavy atom. The molecule has 0 radical (unpaired) electrons. The third-order valence-corrected chi connectivity index (χ3v) is 1.34. The van der Waals surface area contributed by atoms with Crippen molar-refractivity contribution >= 4 is 0 Å². The molecule has 0 fully saturated rings. The molecule has 0 aliphatic carbocycles. The zero-order chi connectivity index (χ0) is 9.90. The topological polar surface area (TPSA) is 25.8 Å². The maximum Gasteiger partial charge on any atom is 0.451 e. The van der Waals surface area contributed by atoms with Crippen molar-refractivity contribution in [3.05, 3.63) is 36.4 Å². The zero-order valence-electron chi connectivity index (χ0n) is 6.67. The summed E-state index contributed by atoms with van der Waals surface area (Å²) in [6, 6.07) is 0. The SMILES string of the molecule is C=CCc1cnc(C(F)(F)F)nc1. The van der Waals surface area contributed by atoms with Gasteiger partial charge in [0.25, 0.3) is 0 Å². The Morgan fingerprint density at radius 1 is 1.31 bits per heavy atom. The summed E-state index contributed by atoms with van der Waals surface area (Å²) in [5.41, 5.74) is 0.614. The summed E-state index contributed by atoms with van der Waals surface area (Å²) < 4.78 is 35.9. The molecule has 0 amide bonds. The van der Waals surface area contributed by atoms with Gasteiger partial charge in [-0.25, -0.2) is 9.97 Å². The maximum atomic E-state index is 12.0. The second kappa shape index (κ2) is 3.55. The fraction of sp³-hybridized carbons (Fsp3) is 0.250. The van der Waals surface area contributed by atoms with E-state index in [1.54, 1.807) is 6.08 Å². The van der Waals surface area contributed by atoms with Gasteiger partial charge in [-0.05, 0) is 12.0 Å². The Morgan fingerprint density at radius 3 is 2.23 bits per heavy atom. The molecular weight excluding hydrogens is 181 g/mol. The van der Waals surface area contributed by atoms with Gasteiger partial charge in [0.1, 0.15) is 0 Å². The summed E-state index contributed by atoms with van der Waals surface area (Å²) in [5, 5.41) is 0. The minimum atomic E-state index is -4.47.